The molecule has 21 heavy (non-hydrogen) atoms. The Bertz CT molecular complexity index is 621. The maximum Gasteiger partial charge on any atom is 0.573 e. The second kappa shape index (κ2) is 5.73. The van der Waals surface area contributed by atoms with E-state index in [1.807, 2.05) is 0 Å². The lowest BCUT2D eigenvalue weighted by atomic mass is 10.0. The lowest BCUT2D eigenvalue weighted by Crippen LogP contribution is -2.17. The Morgan fingerprint density at radius 2 is 1.67 bits per heavy atom. The molecule has 0 amide bonds. The number of alkyl halides is 3. The second-order valence-electron chi connectivity index (χ2n) is 4.60. The van der Waals surface area contributed by atoms with Gasteiger partial charge in [-0.1, -0.05) is 24.3 Å². The smallest absolute Gasteiger partial charge is 0.406 e. The summed E-state index contributed by atoms with van der Waals surface area (Å²) in [6.45, 7) is 1.80. The predicted molar refractivity (Wildman–Crippen MR) is 71.1 cm³/mol. The summed E-state index contributed by atoms with van der Waals surface area (Å²) in [5.41, 5.74) is 7.04. The Morgan fingerprint density at radius 1 is 1.05 bits per heavy atom. The van der Waals surface area contributed by atoms with Crippen molar-refractivity contribution in [1.82, 2.24) is 0 Å². The third kappa shape index (κ3) is 3.95. The van der Waals surface area contributed by atoms with E-state index in [2.05, 4.69) is 4.74 Å². The Labute approximate surface area is 119 Å². The molecule has 0 aliphatic carbocycles. The van der Waals surface area contributed by atoms with Crippen molar-refractivity contribution in [2.45, 2.75) is 19.3 Å². The van der Waals surface area contributed by atoms with Crippen molar-refractivity contribution in [1.29, 1.82) is 0 Å². The summed E-state index contributed by atoms with van der Waals surface area (Å²) in [6.07, 6.45) is -4.81. The Hall–Kier alpha value is -2.08. The molecular weight excluding hydrogens is 286 g/mol. The van der Waals surface area contributed by atoms with Crippen molar-refractivity contribution >= 4 is 0 Å². The molecule has 0 aliphatic heterocycles. The van der Waals surface area contributed by atoms with Crippen molar-refractivity contribution in [3.63, 3.8) is 0 Å². The zero-order valence-electron chi connectivity index (χ0n) is 11.1. The van der Waals surface area contributed by atoms with E-state index < -0.39 is 17.9 Å². The third-order valence-electron chi connectivity index (χ3n) is 2.92. The molecule has 2 nitrogen and oxygen atoms in total. The summed E-state index contributed by atoms with van der Waals surface area (Å²) in [7, 11) is 0. The summed E-state index contributed by atoms with van der Waals surface area (Å²) in [5, 5.41) is 0. The molecule has 2 aromatic carbocycles. The van der Waals surface area contributed by atoms with Crippen LogP contribution in [0.1, 0.15) is 18.5 Å². The standard InChI is InChI=1S/C15H13F4NO/c1-9(20)10-2-4-11(5-3-10)13-8-12(6-7-14(13)16)21-15(17,18)19/h2-9H,20H2,1H3. The molecule has 2 N–H and O–H groups in total. The first-order valence-electron chi connectivity index (χ1n) is 6.17. The summed E-state index contributed by atoms with van der Waals surface area (Å²) < 4.78 is 54.1. The van der Waals surface area contributed by atoms with Gasteiger partial charge in [0.25, 0.3) is 0 Å². The highest BCUT2D eigenvalue weighted by Gasteiger charge is 2.31. The Morgan fingerprint density at radius 3 is 2.19 bits per heavy atom. The molecule has 0 radical (unpaired) electrons. The van der Waals surface area contributed by atoms with Gasteiger partial charge in [0.2, 0.25) is 0 Å². The van der Waals surface area contributed by atoms with Gasteiger partial charge in [-0.25, -0.2) is 4.39 Å². The molecule has 0 aliphatic rings. The summed E-state index contributed by atoms with van der Waals surface area (Å²) in [4.78, 5) is 0. The van der Waals surface area contributed by atoms with Crippen molar-refractivity contribution in [3.8, 4) is 16.9 Å². The van der Waals surface area contributed by atoms with Crippen LogP contribution < -0.4 is 10.5 Å². The molecule has 0 saturated heterocycles. The summed E-state index contributed by atoms with van der Waals surface area (Å²) >= 11 is 0. The SMILES string of the molecule is CC(N)c1ccc(-c2cc(OC(F)(F)F)ccc2F)cc1. The highest BCUT2D eigenvalue weighted by atomic mass is 19.4. The zero-order chi connectivity index (χ0) is 15.6. The molecule has 112 valence electrons. The average Bonchev–Trinajstić information content (AvgIpc) is 2.39. The van der Waals surface area contributed by atoms with Gasteiger partial charge >= 0.3 is 6.36 Å². The van der Waals surface area contributed by atoms with E-state index in [0.29, 0.717) is 5.56 Å². The van der Waals surface area contributed by atoms with Crippen LogP contribution in [0.4, 0.5) is 17.6 Å². The van der Waals surface area contributed by atoms with Crippen LogP contribution in [0.3, 0.4) is 0 Å². The van der Waals surface area contributed by atoms with E-state index in [4.69, 9.17) is 5.73 Å². The molecule has 0 bridgehead atoms. The molecule has 0 heterocycles. The molecule has 0 aromatic heterocycles. The summed E-state index contributed by atoms with van der Waals surface area (Å²) in [6, 6.07) is 9.34. The fourth-order valence-corrected chi connectivity index (χ4v) is 1.89. The molecule has 1 atom stereocenters. The van der Waals surface area contributed by atoms with E-state index in [-0.39, 0.29) is 11.6 Å². The lowest BCUT2D eigenvalue weighted by molar-refractivity contribution is -0.274. The van der Waals surface area contributed by atoms with E-state index in [1.54, 1.807) is 31.2 Å². The Kier molecular flexibility index (Phi) is 4.18. The molecule has 2 aromatic rings. The fraction of sp³-hybridized carbons (Fsp3) is 0.200. The molecular formula is C15H13F4NO. The van der Waals surface area contributed by atoms with E-state index in [1.165, 1.54) is 0 Å². The van der Waals surface area contributed by atoms with Gasteiger partial charge in [-0.15, -0.1) is 13.2 Å². The molecule has 0 spiro atoms. The topological polar surface area (TPSA) is 35.2 Å². The number of rotatable bonds is 3. The summed E-state index contributed by atoms with van der Waals surface area (Å²) in [5.74, 6) is -1.09. The third-order valence-corrected chi connectivity index (χ3v) is 2.92. The minimum absolute atomic E-state index is 0.0352. The van der Waals surface area contributed by atoms with E-state index in [9.17, 15) is 17.6 Å². The van der Waals surface area contributed by atoms with E-state index in [0.717, 1.165) is 23.8 Å². The van der Waals surface area contributed by atoms with Gasteiger partial charge in [-0.2, -0.15) is 0 Å². The molecule has 0 saturated carbocycles. The number of hydrogen-bond donors (Lipinski definition) is 1. The largest absolute Gasteiger partial charge is 0.573 e. The zero-order valence-corrected chi connectivity index (χ0v) is 11.1. The highest BCUT2D eigenvalue weighted by Crippen LogP contribution is 2.30. The second-order valence-corrected chi connectivity index (χ2v) is 4.60. The highest BCUT2D eigenvalue weighted by molar-refractivity contribution is 5.66. The van der Waals surface area contributed by atoms with Gasteiger partial charge in [0.15, 0.2) is 0 Å². The minimum atomic E-state index is -4.81. The maximum atomic E-state index is 13.8. The quantitative estimate of drug-likeness (QED) is 0.852. The van der Waals surface area contributed by atoms with Gasteiger partial charge in [0.05, 0.1) is 0 Å². The van der Waals surface area contributed by atoms with Crippen molar-refractivity contribution in [2.24, 2.45) is 5.73 Å². The molecule has 2 rings (SSSR count). The van der Waals surface area contributed by atoms with Crippen LogP contribution >= 0.6 is 0 Å². The lowest BCUT2D eigenvalue weighted by Gasteiger charge is -2.12. The Balaban J connectivity index is 2.36. The van der Waals surface area contributed by atoms with Gasteiger partial charge in [-0.3, -0.25) is 0 Å². The normalized spacial score (nSPS) is 13.0. The van der Waals surface area contributed by atoms with Crippen LogP contribution in [0.5, 0.6) is 5.75 Å². The van der Waals surface area contributed by atoms with Crippen LogP contribution in [0.15, 0.2) is 42.5 Å². The average molecular weight is 299 g/mol. The van der Waals surface area contributed by atoms with Crippen molar-refractivity contribution in [2.75, 3.05) is 0 Å². The van der Waals surface area contributed by atoms with Gasteiger partial charge < -0.3 is 10.5 Å². The van der Waals surface area contributed by atoms with Crippen molar-refractivity contribution in [3.05, 3.63) is 53.8 Å². The van der Waals surface area contributed by atoms with E-state index >= 15 is 0 Å². The molecule has 6 heteroatoms. The van der Waals surface area contributed by atoms with Gasteiger partial charge in [0.1, 0.15) is 11.6 Å². The first-order valence-corrected chi connectivity index (χ1v) is 6.17. The number of hydrogen-bond acceptors (Lipinski definition) is 2. The first kappa shape index (κ1) is 15.3. The monoisotopic (exact) mass is 299 g/mol. The fourth-order valence-electron chi connectivity index (χ4n) is 1.89. The van der Waals surface area contributed by atoms with Crippen LogP contribution in [0.2, 0.25) is 0 Å². The first-order chi connectivity index (χ1) is 9.76. The number of halogens is 4. The minimum Gasteiger partial charge on any atom is -0.406 e. The van der Waals surface area contributed by atoms with Crippen LogP contribution in [0, 0.1) is 5.82 Å². The van der Waals surface area contributed by atoms with Crippen LogP contribution in [-0.2, 0) is 0 Å². The number of nitrogens with two attached hydrogens (primary N) is 1. The molecule has 1 unspecified atom stereocenters. The number of ether oxygens (including phenoxy) is 1. The van der Waals surface area contributed by atoms with Gasteiger partial charge in [0, 0.05) is 11.6 Å². The number of benzene rings is 2. The van der Waals surface area contributed by atoms with Crippen LogP contribution in [0.25, 0.3) is 11.1 Å². The maximum absolute atomic E-state index is 13.8. The van der Waals surface area contributed by atoms with Crippen molar-refractivity contribution < 1.29 is 22.3 Å². The molecule has 0 fully saturated rings. The predicted octanol–water partition coefficient (Wildman–Crippen LogP) is 4.41. The van der Waals surface area contributed by atoms with Crippen LogP contribution in [-0.4, -0.2) is 6.36 Å². The van der Waals surface area contributed by atoms with Gasteiger partial charge in [-0.05, 0) is 36.2 Å².